The lowest BCUT2D eigenvalue weighted by Crippen LogP contribution is -2.48. The van der Waals surface area contributed by atoms with Crippen molar-refractivity contribution >= 4 is 6.03 Å². The summed E-state index contributed by atoms with van der Waals surface area (Å²) < 4.78 is 18.7. The Kier molecular flexibility index (Phi) is 4.60. The molecule has 1 aromatic carbocycles. The lowest BCUT2D eigenvalue weighted by molar-refractivity contribution is 0.111. The second kappa shape index (κ2) is 6.22. The molecule has 1 aromatic rings. The second-order valence-corrected chi connectivity index (χ2v) is 5.61. The van der Waals surface area contributed by atoms with Gasteiger partial charge < -0.3 is 15.4 Å². The third kappa shape index (κ3) is 3.93. The van der Waals surface area contributed by atoms with E-state index in [1.807, 2.05) is 13.8 Å². The molecule has 0 radical (unpaired) electrons. The fourth-order valence-corrected chi connectivity index (χ4v) is 2.29. The highest BCUT2D eigenvalue weighted by molar-refractivity contribution is 5.75. The van der Waals surface area contributed by atoms with E-state index in [1.54, 1.807) is 12.1 Å². The molecule has 4 nitrogen and oxygen atoms in total. The molecule has 1 aliphatic rings. The van der Waals surface area contributed by atoms with Crippen LogP contribution < -0.4 is 10.6 Å². The lowest BCUT2D eigenvalue weighted by atomic mass is 9.94. The molecule has 0 aliphatic carbocycles. The molecule has 1 heterocycles. The standard InChI is InChI=1S/C15H21FN2O2/c1-15(2,11-5-3-6-12(16)9-11)18-14(19)17-10-13-7-4-8-20-13/h3,5-6,9,13H,4,7-8,10H2,1-2H3,(H2,17,18,19). The Hall–Kier alpha value is -1.62. The quantitative estimate of drug-likeness (QED) is 0.890. The summed E-state index contributed by atoms with van der Waals surface area (Å²) in [5.74, 6) is -0.308. The largest absolute Gasteiger partial charge is 0.376 e. The molecule has 1 atom stereocenters. The van der Waals surface area contributed by atoms with Gasteiger partial charge in [0.2, 0.25) is 0 Å². The maximum atomic E-state index is 13.2. The highest BCUT2D eigenvalue weighted by atomic mass is 19.1. The summed E-state index contributed by atoms with van der Waals surface area (Å²) in [7, 11) is 0. The molecule has 1 fully saturated rings. The van der Waals surface area contributed by atoms with Crippen LogP contribution in [0.5, 0.6) is 0 Å². The minimum absolute atomic E-state index is 0.109. The van der Waals surface area contributed by atoms with Gasteiger partial charge in [-0.2, -0.15) is 0 Å². The number of nitrogens with one attached hydrogen (secondary N) is 2. The van der Waals surface area contributed by atoms with Gasteiger partial charge in [0.1, 0.15) is 5.82 Å². The second-order valence-electron chi connectivity index (χ2n) is 5.61. The number of carbonyl (C=O) groups is 1. The maximum absolute atomic E-state index is 13.2. The van der Waals surface area contributed by atoms with Gasteiger partial charge in [0, 0.05) is 13.2 Å². The van der Waals surface area contributed by atoms with Crippen LogP contribution in [0.15, 0.2) is 24.3 Å². The molecule has 2 rings (SSSR count). The van der Waals surface area contributed by atoms with Crippen LogP contribution in [0.4, 0.5) is 9.18 Å². The Morgan fingerprint density at radius 1 is 1.50 bits per heavy atom. The van der Waals surface area contributed by atoms with E-state index >= 15 is 0 Å². The van der Waals surface area contributed by atoms with Crippen LogP contribution in [0.25, 0.3) is 0 Å². The van der Waals surface area contributed by atoms with Crippen LogP contribution in [-0.4, -0.2) is 25.3 Å². The van der Waals surface area contributed by atoms with E-state index in [9.17, 15) is 9.18 Å². The minimum atomic E-state index is -0.636. The summed E-state index contributed by atoms with van der Waals surface area (Å²) in [4.78, 5) is 11.9. The van der Waals surface area contributed by atoms with E-state index in [2.05, 4.69) is 10.6 Å². The number of urea groups is 1. The van der Waals surface area contributed by atoms with E-state index in [0.717, 1.165) is 25.0 Å². The number of rotatable bonds is 4. The lowest BCUT2D eigenvalue weighted by Gasteiger charge is -2.27. The minimum Gasteiger partial charge on any atom is -0.376 e. The summed E-state index contributed by atoms with van der Waals surface area (Å²) in [6, 6.07) is 5.98. The van der Waals surface area contributed by atoms with Crippen molar-refractivity contribution < 1.29 is 13.9 Å². The summed E-state index contributed by atoms with van der Waals surface area (Å²) >= 11 is 0. The first kappa shape index (κ1) is 14.8. The summed E-state index contributed by atoms with van der Waals surface area (Å²) in [5.41, 5.74) is 0.0904. The van der Waals surface area contributed by atoms with Crippen molar-refractivity contribution in [3.05, 3.63) is 35.6 Å². The number of ether oxygens (including phenoxy) is 1. The van der Waals surface area contributed by atoms with Gasteiger partial charge in [-0.3, -0.25) is 0 Å². The summed E-state index contributed by atoms with van der Waals surface area (Å²) in [6.07, 6.45) is 2.13. The van der Waals surface area contributed by atoms with Gasteiger partial charge in [-0.1, -0.05) is 12.1 Å². The van der Waals surface area contributed by atoms with Crippen molar-refractivity contribution in [2.24, 2.45) is 0 Å². The predicted molar refractivity (Wildman–Crippen MR) is 74.9 cm³/mol. The third-order valence-corrected chi connectivity index (χ3v) is 3.49. The van der Waals surface area contributed by atoms with Crippen LogP contribution in [0.1, 0.15) is 32.3 Å². The number of halogens is 1. The highest BCUT2D eigenvalue weighted by Gasteiger charge is 2.24. The van der Waals surface area contributed by atoms with E-state index in [0.29, 0.717) is 6.54 Å². The van der Waals surface area contributed by atoms with Gasteiger partial charge >= 0.3 is 6.03 Å². The van der Waals surface area contributed by atoms with Crippen LogP contribution in [0.3, 0.4) is 0 Å². The van der Waals surface area contributed by atoms with Gasteiger partial charge in [-0.15, -0.1) is 0 Å². The monoisotopic (exact) mass is 280 g/mol. The number of benzene rings is 1. The van der Waals surface area contributed by atoms with Crippen molar-refractivity contribution in [3.63, 3.8) is 0 Å². The van der Waals surface area contributed by atoms with Crippen LogP contribution in [0.2, 0.25) is 0 Å². The highest BCUT2D eigenvalue weighted by Crippen LogP contribution is 2.20. The molecule has 20 heavy (non-hydrogen) atoms. The molecule has 5 heteroatoms. The van der Waals surface area contributed by atoms with E-state index in [-0.39, 0.29) is 18.0 Å². The fourth-order valence-electron chi connectivity index (χ4n) is 2.29. The molecule has 110 valence electrons. The van der Waals surface area contributed by atoms with E-state index in [4.69, 9.17) is 4.74 Å². The average Bonchev–Trinajstić information content (AvgIpc) is 2.89. The van der Waals surface area contributed by atoms with E-state index in [1.165, 1.54) is 12.1 Å². The van der Waals surface area contributed by atoms with Crippen molar-refractivity contribution in [2.75, 3.05) is 13.2 Å². The average molecular weight is 280 g/mol. The SMILES string of the molecule is CC(C)(NC(=O)NCC1CCCO1)c1cccc(F)c1. The first-order chi connectivity index (χ1) is 9.47. The third-order valence-electron chi connectivity index (χ3n) is 3.49. The number of carbonyl (C=O) groups excluding carboxylic acids is 1. The molecule has 0 aromatic heterocycles. The Balaban J connectivity index is 1.88. The Labute approximate surface area is 118 Å². The zero-order valence-corrected chi connectivity index (χ0v) is 11.9. The maximum Gasteiger partial charge on any atom is 0.315 e. The molecule has 1 aliphatic heterocycles. The van der Waals surface area contributed by atoms with Crippen molar-refractivity contribution in [3.8, 4) is 0 Å². The zero-order chi connectivity index (χ0) is 14.6. The molecule has 2 N–H and O–H groups in total. The molecule has 0 bridgehead atoms. The Bertz CT molecular complexity index is 471. The molecule has 0 spiro atoms. The van der Waals surface area contributed by atoms with Gasteiger partial charge in [-0.05, 0) is 44.4 Å². The summed E-state index contributed by atoms with van der Waals surface area (Å²) in [5, 5.41) is 5.65. The zero-order valence-electron chi connectivity index (χ0n) is 11.9. The fraction of sp³-hybridized carbons (Fsp3) is 0.533. The number of hydrogen-bond acceptors (Lipinski definition) is 2. The predicted octanol–water partition coefficient (Wildman–Crippen LogP) is 2.54. The van der Waals surface area contributed by atoms with Crippen LogP contribution >= 0.6 is 0 Å². The molecule has 1 unspecified atom stereocenters. The van der Waals surface area contributed by atoms with Gasteiger partial charge in [0.15, 0.2) is 0 Å². The smallest absolute Gasteiger partial charge is 0.315 e. The first-order valence-corrected chi connectivity index (χ1v) is 6.91. The van der Waals surface area contributed by atoms with E-state index < -0.39 is 5.54 Å². The molecule has 2 amide bonds. The van der Waals surface area contributed by atoms with Gasteiger partial charge in [-0.25, -0.2) is 9.18 Å². The Morgan fingerprint density at radius 3 is 2.95 bits per heavy atom. The molecular weight excluding hydrogens is 259 g/mol. The number of amides is 2. The van der Waals surface area contributed by atoms with Crippen molar-refractivity contribution in [2.45, 2.75) is 38.3 Å². The van der Waals surface area contributed by atoms with Crippen LogP contribution in [0, 0.1) is 5.82 Å². The first-order valence-electron chi connectivity index (χ1n) is 6.91. The van der Waals surface area contributed by atoms with Crippen LogP contribution in [-0.2, 0) is 10.3 Å². The van der Waals surface area contributed by atoms with Crippen molar-refractivity contribution in [1.29, 1.82) is 0 Å². The normalized spacial score (nSPS) is 18.9. The van der Waals surface area contributed by atoms with Crippen molar-refractivity contribution in [1.82, 2.24) is 10.6 Å². The molecule has 1 saturated heterocycles. The molecular formula is C15H21FN2O2. The molecule has 0 saturated carbocycles. The van der Waals surface area contributed by atoms with Gasteiger partial charge in [0.25, 0.3) is 0 Å². The van der Waals surface area contributed by atoms with Gasteiger partial charge in [0.05, 0.1) is 11.6 Å². The summed E-state index contributed by atoms with van der Waals surface area (Å²) in [6.45, 7) is 4.95. The number of hydrogen-bond donors (Lipinski definition) is 2. The Morgan fingerprint density at radius 2 is 2.30 bits per heavy atom. The topological polar surface area (TPSA) is 50.4 Å².